The molecule has 1 aromatic heterocycles. The van der Waals surface area contributed by atoms with Crippen LogP contribution in [0.25, 0.3) is 0 Å². The Morgan fingerprint density at radius 1 is 1.50 bits per heavy atom. The Bertz CT molecular complexity index is 375. The first-order chi connectivity index (χ1) is 6.62. The Labute approximate surface area is 80.0 Å². The summed E-state index contributed by atoms with van der Waals surface area (Å²) in [6.07, 6.45) is -4.57. The summed E-state index contributed by atoms with van der Waals surface area (Å²) in [6, 6.07) is 1.54. The van der Waals surface area contributed by atoms with Crippen LogP contribution in [0.15, 0.2) is 16.7 Å². The molecule has 12 heavy (non-hydrogen) atoms. The molecule has 0 spiro atoms. The maximum atomic E-state index is 12.2. The van der Waals surface area contributed by atoms with E-state index in [-0.39, 0.29) is 10.2 Å². The molecule has 1 rings (SSSR count). The molecule has 0 aromatic carbocycles. The molecule has 0 N–H and O–H groups in total. The van der Waals surface area contributed by atoms with E-state index in [2.05, 4.69) is 20.9 Å². The SMILES string of the molecule is [2H]C([2H])([2H])c1ccc(C(F)(F)F)nc1Br. The Kier molecular flexibility index (Phi) is 1.51. The first kappa shape index (κ1) is 5.96. The second-order valence-electron chi connectivity index (χ2n) is 2.03. The molecule has 0 bridgehead atoms. The third-order valence-electron chi connectivity index (χ3n) is 1.14. The van der Waals surface area contributed by atoms with E-state index in [1.165, 1.54) is 0 Å². The van der Waals surface area contributed by atoms with E-state index < -0.39 is 18.7 Å². The fourth-order valence-corrected chi connectivity index (χ4v) is 0.915. The Balaban J connectivity index is 3.21. The van der Waals surface area contributed by atoms with Crippen LogP contribution in [0.1, 0.15) is 15.4 Å². The van der Waals surface area contributed by atoms with E-state index in [0.717, 1.165) is 6.07 Å². The molecular formula is C7H5BrF3N. The van der Waals surface area contributed by atoms with Gasteiger partial charge in [-0.3, -0.25) is 0 Å². The van der Waals surface area contributed by atoms with Gasteiger partial charge in [0.1, 0.15) is 10.3 Å². The monoisotopic (exact) mass is 242 g/mol. The molecule has 5 heteroatoms. The molecule has 0 aliphatic carbocycles. The van der Waals surface area contributed by atoms with Gasteiger partial charge in [0.05, 0.1) is 0 Å². The number of pyridine rings is 1. The van der Waals surface area contributed by atoms with Crippen molar-refractivity contribution in [1.82, 2.24) is 4.98 Å². The lowest BCUT2D eigenvalue weighted by atomic mass is 10.3. The number of aryl methyl sites for hydroxylation is 1. The van der Waals surface area contributed by atoms with Crippen LogP contribution in [0.3, 0.4) is 0 Å². The van der Waals surface area contributed by atoms with Gasteiger partial charge in [0, 0.05) is 4.11 Å². The molecule has 0 saturated heterocycles. The van der Waals surface area contributed by atoms with Gasteiger partial charge in [0.15, 0.2) is 0 Å². The first-order valence-electron chi connectivity index (χ1n) is 4.36. The van der Waals surface area contributed by atoms with E-state index in [1.807, 2.05) is 0 Å². The summed E-state index contributed by atoms with van der Waals surface area (Å²) in [7, 11) is 0. The maximum Gasteiger partial charge on any atom is 0.433 e. The van der Waals surface area contributed by atoms with Crippen LogP contribution in [0.5, 0.6) is 0 Å². The second-order valence-corrected chi connectivity index (χ2v) is 2.78. The Morgan fingerprint density at radius 2 is 2.17 bits per heavy atom. The molecular weight excluding hydrogens is 235 g/mol. The molecule has 1 heterocycles. The van der Waals surface area contributed by atoms with Crippen LogP contribution in [-0.2, 0) is 6.18 Å². The molecule has 0 unspecified atom stereocenters. The van der Waals surface area contributed by atoms with E-state index in [1.54, 1.807) is 0 Å². The van der Waals surface area contributed by atoms with Gasteiger partial charge in [-0.05, 0) is 34.4 Å². The normalized spacial score (nSPS) is 16.5. The summed E-state index contributed by atoms with van der Waals surface area (Å²) >= 11 is 2.70. The van der Waals surface area contributed by atoms with E-state index >= 15 is 0 Å². The number of hydrogen-bond acceptors (Lipinski definition) is 1. The number of alkyl halides is 3. The van der Waals surface area contributed by atoms with Crippen molar-refractivity contribution >= 4 is 15.9 Å². The van der Waals surface area contributed by atoms with Crippen molar-refractivity contribution in [3.05, 3.63) is 28.0 Å². The fraction of sp³-hybridized carbons (Fsp3) is 0.286. The molecule has 0 amide bonds. The summed E-state index contributed by atoms with van der Waals surface area (Å²) in [5.74, 6) is 0. The number of halogens is 4. The lowest BCUT2D eigenvalue weighted by Crippen LogP contribution is -2.07. The molecule has 0 aliphatic rings. The Hall–Kier alpha value is -0.580. The summed E-state index contributed by atoms with van der Waals surface area (Å²) in [6.45, 7) is -2.48. The van der Waals surface area contributed by atoms with Crippen molar-refractivity contribution in [2.45, 2.75) is 13.0 Å². The highest BCUT2D eigenvalue weighted by Crippen LogP contribution is 2.29. The van der Waals surface area contributed by atoms with Gasteiger partial charge in [-0.25, -0.2) is 4.98 Å². The summed E-state index contributed by atoms with van der Waals surface area (Å²) < 4.78 is 57.3. The zero-order chi connectivity index (χ0) is 11.9. The van der Waals surface area contributed by atoms with Gasteiger partial charge >= 0.3 is 6.18 Å². The van der Waals surface area contributed by atoms with E-state index in [0.29, 0.717) is 6.07 Å². The van der Waals surface area contributed by atoms with Crippen LogP contribution in [0.2, 0.25) is 0 Å². The van der Waals surface area contributed by atoms with Crippen molar-refractivity contribution < 1.29 is 17.3 Å². The van der Waals surface area contributed by atoms with Gasteiger partial charge in [0.25, 0.3) is 0 Å². The van der Waals surface area contributed by atoms with Crippen molar-refractivity contribution in [2.75, 3.05) is 0 Å². The molecule has 0 radical (unpaired) electrons. The molecule has 1 aromatic rings. The molecule has 0 aliphatic heterocycles. The zero-order valence-corrected chi connectivity index (χ0v) is 7.20. The van der Waals surface area contributed by atoms with Crippen molar-refractivity contribution in [2.24, 2.45) is 0 Å². The smallest absolute Gasteiger partial charge is 0.236 e. The molecule has 66 valence electrons. The summed E-state index contributed by atoms with van der Waals surface area (Å²) in [5.41, 5.74) is -1.36. The molecule has 0 saturated carbocycles. The lowest BCUT2D eigenvalue weighted by Gasteiger charge is -2.06. The topological polar surface area (TPSA) is 12.9 Å². The van der Waals surface area contributed by atoms with E-state index in [9.17, 15) is 13.2 Å². The third kappa shape index (κ3) is 1.97. The molecule has 0 fully saturated rings. The number of nitrogens with zero attached hydrogens (tertiary/aromatic N) is 1. The second kappa shape index (κ2) is 3.05. The van der Waals surface area contributed by atoms with Gasteiger partial charge in [0.2, 0.25) is 0 Å². The van der Waals surface area contributed by atoms with Gasteiger partial charge in [-0.15, -0.1) is 0 Å². The first-order valence-corrected chi connectivity index (χ1v) is 3.66. The highest BCUT2D eigenvalue weighted by molar-refractivity contribution is 9.10. The highest BCUT2D eigenvalue weighted by atomic mass is 79.9. The Morgan fingerprint density at radius 3 is 2.58 bits per heavy atom. The predicted molar refractivity (Wildman–Crippen MR) is 41.7 cm³/mol. The molecule has 0 atom stereocenters. The minimum Gasteiger partial charge on any atom is -0.236 e. The van der Waals surface area contributed by atoms with Crippen LogP contribution in [0, 0.1) is 6.85 Å². The van der Waals surface area contributed by atoms with Crippen molar-refractivity contribution in [3.8, 4) is 0 Å². The van der Waals surface area contributed by atoms with Gasteiger partial charge < -0.3 is 0 Å². The van der Waals surface area contributed by atoms with Gasteiger partial charge in [-0.1, -0.05) is 6.07 Å². The van der Waals surface area contributed by atoms with Crippen molar-refractivity contribution in [1.29, 1.82) is 0 Å². The van der Waals surface area contributed by atoms with Gasteiger partial charge in [-0.2, -0.15) is 13.2 Å². The summed E-state index contributed by atoms with van der Waals surface area (Å²) in [4.78, 5) is 3.14. The molecule has 1 nitrogen and oxygen atoms in total. The van der Waals surface area contributed by atoms with Crippen LogP contribution < -0.4 is 0 Å². The minimum atomic E-state index is -4.57. The standard InChI is InChI=1S/C7H5BrF3N/c1-4-2-3-5(7(9,10)11)12-6(4)8/h2-3H,1H3/i1D3. The van der Waals surface area contributed by atoms with Crippen LogP contribution in [-0.4, -0.2) is 4.98 Å². The quantitative estimate of drug-likeness (QED) is 0.637. The average Bonchev–Trinajstić information content (AvgIpc) is 1.99. The third-order valence-corrected chi connectivity index (χ3v) is 1.74. The lowest BCUT2D eigenvalue weighted by molar-refractivity contribution is -0.141. The fourth-order valence-electron chi connectivity index (χ4n) is 0.592. The number of hydrogen-bond donors (Lipinski definition) is 0. The van der Waals surface area contributed by atoms with Crippen LogP contribution >= 0.6 is 15.9 Å². The largest absolute Gasteiger partial charge is 0.433 e. The summed E-state index contributed by atoms with van der Waals surface area (Å²) in [5, 5.41) is 0. The minimum absolute atomic E-state index is 0.240. The number of aromatic nitrogens is 1. The van der Waals surface area contributed by atoms with Crippen LogP contribution in [0.4, 0.5) is 13.2 Å². The predicted octanol–water partition coefficient (Wildman–Crippen LogP) is 3.17. The van der Waals surface area contributed by atoms with Crippen molar-refractivity contribution in [3.63, 3.8) is 0 Å². The maximum absolute atomic E-state index is 12.2. The van der Waals surface area contributed by atoms with E-state index in [4.69, 9.17) is 4.11 Å². The number of rotatable bonds is 0. The average molecular weight is 243 g/mol. The zero-order valence-electron chi connectivity index (χ0n) is 8.61. The highest BCUT2D eigenvalue weighted by Gasteiger charge is 2.32.